The summed E-state index contributed by atoms with van der Waals surface area (Å²) in [5.41, 5.74) is 2.49. The summed E-state index contributed by atoms with van der Waals surface area (Å²) in [4.78, 5) is 4.64. The van der Waals surface area contributed by atoms with Gasteiger partial charge in [-0.25, -0.2) is 0 Å². The Morgan fingerprint density at radius 1 is 1.20 bits per heavy atom. The Labute approximate surface area is 91.9 Å². The van der Waals surface area contributed by atoms with Gasteiger partial charge in [-0.1, -0.05) is 43.3 Å². The summed E-state index contributed by atoms with van der Waals surface area (Å²) in [6, 6.07) is 8.51. The van der Waals surface area contributed by atoms with Crippen LogP contribution in [0, 0.1) is 0 Å². The van der Waals surface area contributed by atoms with E-state index in [-0.39, 0.29) is 0 Å². The molecular weight excluding hydrogens is 186 g/mol. The summed E-state index contributed by atoms with van der Waals surface area (Å²) in [6.07, 6.45) is 4.11. The summed E-state index contributed by atoms with van der Waals surface area (Å²) in [7, 11) is 1.55. The van der Waals surface area contributed by atoms with Crippen LogP contribution in [-0.2, 0) is 4.84 Å². The molecule has 0 aliphatic carbocycles. The van der Waals surface area contributed by atoms with Gasteiger partial charge < -0.3 is 4.84 Å². The standard InChI is InChI=1S/C13H19NO/c1-4-12(5-2)13-8-6-11(7-9-13)10-14-15-3/h6-10,12H,4-5H2,1-3H3/b14-10+. The maximum atomic E-state index is 4.64. The highest BCUT2D eigenvalue weighted by atomic mass is 16.6. The van der Waals surface area contributed by atoms with E-state index in [0.717, 1.165) is 5.56 Å². The number of nitrogens with zero attached hydrogens (tertiary/aromatic N) is 1. The molecule has 0 aromatic heterocycles. The molecule has 0 bridgehead atoms. The fraction of sp³-hybridized carbons (Fsp3) is 0.462. The zero-order valence-electron chi connectivity index (χ0n) is 9.73. The van der Waals surface area contributed by atoms with E-state index >= 15 is 0 Å². The van der Waals surface area contributed by atoms with Crippen LogP contribution in [0.5, 0.6) is 0 Å². The first-order valence-electron chi connectivity index (χ1n) is 5.48. The molecule has 0 heterocycles. The molecule has 0 aliphatic heterocycles. The Bertz CT molecular complexity index is 299. The van der Waals surface area contributed by atoms with E-state index in [4.69, 9.17) is 0 Å². The van der Waals surface area contributed by atoms with Crippen molar-refractivity contribution in [3.05, 3.63) is 35.4 Å². The lowest BCUT2D eigenvalue weighted by atomic mass is 9.93. The van der Waals surface area contributed by atoms with Gasteiger partial charge in [-0.3, -0.25) is 0 Å². The molecule has 1 rings (SSSR count). The molecule has 0 saturated carbocycles. The fourth-order valence-corrected chi connectivity index (χ4v) is 1.73. The molecule has 0 spiro atoms. The molecule has 15 heavy (non-hydrogen) atoms. The summed E-state index contributed by atoms with van der Waals surface area (Å²) in [5, 5.41) is 3.73. The van der Waals surface area contributed by atoms with Crippen molar-refractivity contribution in [3.63, 3.8) is 0 Å². The monoisotopic (exact) mass is 205 g/mol. The molecule has 0 unspecified atom stereocenters. The second kappa shape index (κ2) is 6.23. The third kappa shape index (κ3) is 3.39. The number of rotatable bonds is 5. The predicted octanol–water partition coefficient (Wildman–Crippen LogP) is 3.57. The minimum absolute atomic E-state index is 0.679. The van der Waals surface area contributed by atoms with E-state index in [9.17, 15) is 0 Å². The molecular formula is C13H19NO. The first-order chi connectivity index (χ1) is 7.31. The maximum absolute atomic E-state index is 4.64. The molecule has 1 aromatic rings. The third-order valence-corrected chi connectivity index (χ3v) is 2.70. The summed E-state index contributed by atoms with van der Waals surface area (Å²) in [6.45, 7) is 4.46. The van der Waals surface area contributed by atoms with Crippen LogP contribution in [0.1, 0.15) is 43.7 Å². The van der Waals surface area contributed by atoms with Crippen LogP contribution in [0.25, 0.3) is 0 Å². The summed E-state index contributed by atoms with van der Waals surface area (Å²) in [5.74, 6) is 0.679. The average molecular weight is 205 g/mol. The van der Waals surface area contributed by atoms with Crippen molar-refractivity contribution in [1.82, 2.24) is 0 Å². The van der Waals surface area contributed by atoms with E-state index in [1.165, 1.54) is 18.4 Å². The van der Waals surface area contributed by atoms with Gasteiger partial charge in [0.2, 0.25) is 0 Å². The number of hydrogen-bond donors (Lipinski definition) is 0. The lowest BCUT2D eigenvalue weighted by Crippen LogP contribution is -1.95. The zero-order chi connectivity index (χ0) is 11.1. The Hall–Kier alpha value is -1.31. The lowest BCUT2D eigenvalue weighted by Gasteiger charge is -2.12. The van der Waals surface area contributed by atoms with Gasteiger partial charge in [-0.15, -0.1) is 0 Å². The van der Waals surface area contributed by atoms with E-state index < -0.39 is 0 Å². The smallest absolute Gasteiger partial charge is 0.106 e. The third-order valence-electron chi connectivity index (χ3n) is 2.70. The number of benzene rings is 1. The summed E-state index contributed by atoms with van der Waals surface area (Å²) >= 11 is 0. The first kappa shape index (κ1) is 11.8. The molecule has 0 radical (unpaired) electrons. The van der Waals surface area contributed by atoms with E-state index in [1.807, 2.05) is 0 Å². The quantitative estimate of drug-likeness (QED) is 0.532. The zero-order valence-corrected chi connectivity index (χ0v) is 9.73. The Kier molecular flexibility index (Phi) is 4.88. The van der Waals surface area contributed by atoms with Gasteiger partial charge in [-0.05, 0) is 29.9 Å². The van der Waals surface area contributed by atoms with Crippen molar-refractivity contribution >= 4 is 6.21 Å². The minimum Gasteiger partial charge on any atom is -0.399 e. The topological polar surface area (TPSA) is 21.6 Å². The molecule has 0 atom stereocenters. The second-order valence-corrected chi connectivity index (χ2v) is 3.60. The van der Waals surface area contributed by atoms with Crippen molar-refractivity contribution in [2.45, 2.75) is 32.6 Å². The molecule has 0 saturated heterocycles. The van der Waals surface area contributed by atoms with Crippen molar-refractivity contribution in [2.24, 2.45) is 5.16 Å². The fourth-order valence-electron chi connectivity index (χ4n) is 1.73. The van der Waals surface area contributed by atoms with Crippen molar-refractivity contribution < 1.29 is 4.84 Å². The van der Waals surface area contributed by atoms with Crippen molar-refractivity contribution in [1.29, 1.82) is 0 Å². The molecule has 1 aromatic carbocycles. The van der Waals surface area contributed by atoms with E-state index in [1.54, 1.807) is 13.3 Å². The summed E-state index contributed by atoms with van der Waals surface area (Å²) < 4.78 is 0. The normalized spacial score (nSPS) is 11.2. The lowest BCUT2D eigenvalue weighted by molar-refractivity contribution is 0.215. The van der Waals surface area contributed by atoms with E-state index in [2.05, 4.69) is 48.1 Å². The van der Waals surface area contributed by atoms with Gasteiger partial charge in [0.25, 0.3) is 0 Å². The molecule has 0 fully saturated rings. The van der Waals surface area contributed by atoms with Crippen molar-refractivity contribution in [2.75, 3.05) is 7.11 Å². The highest BCUT2D eigenvalue weighted by molar-refractivity contribution is 5.79. The van der Waals surface area contributed by atoms with Gasteiger partial charge in [0, 0.05) is 0 Å². The molecule has 2 heteroatoms. The van der Waals surface area contributed by atoms with Crippen LogP contribution in [0.2, 0.25) is 0 Å². The van der Waals surface area contributed by atoms with E-state index in [0.29, 0.717) is 5.92 Å². The number of hydrogen-bond acceptors (Lipinski definition) is 2. The van der Waals surface area contributed by atoms with Crippen LogP contribution >= 0.6 is 0 Å². The van der Waals surface area contributed by atoms with Gasteiger partial charge in [0.05, 0.1) is 6.21 Å². The Morgan fingerprint density at radius 3 is 2.27 bits per heavy atom. The largest absolute Gasteiger partial charge is 0.399 e. The van der Waals surface area contributed by atoms with Crippen LogP contribution in [0.4, 0.5) is 0 Å². The van der Waals surface area contributed by atoms with Crippen LogP contribution in [0.15, 0.2) is 29.4 Å². The maximum Gasteiger partial charge on any atom is 0.106 e. The highest BCUT2D eigenvalue weighted by Gasteiger charge is 2.05. The number of oxime groups is 1. The van der Waals surface area contributed by atoms with Gasteiger partial charge in [-0.2, -0.15) is 0 Å². The highest BCUT2D eigenvalue weighted by Crippen LogP contribution is 2.22. The Morgan fingerprint density at radius 2 is 1.80 bits per heavy atom. The second-order valence-electron chi connectivity index (χ2n) is 3.60. The minimum atomic E-state index is 0.679. The van der Waals surface area contributed by atoms with Crippen LogP contribution in [0.3, 0.4) is 0 Å². The molecule has 0 N–H and O–H groups in total. The van der Waals surface area contributed by atoms with Crippen molar-refractivity contribution in [3.8, 4) is 0 Å². The SMILES string of the molecule is CCC(CC)c1ccc(/C=N/OC)cc1. The van der Waals surface area contributed by atoms with Gasteiger partial charge in [0.15, 0.2) is 0 Å². The molecule has 2 nitrogen and oxygen atoms in total. The van der Waals surface area contributed by atoms with Crippen LogP contribution < -0.4 is 0 Å². The van der Waals surface area contributed by atoms with Gasteiger partial charge >= 0.3 is 0 Å². The van der Waals surface area contributed by atoms with Crippen LogP contribution in [-0.4, -0.2) is 13.3 Å². The molecule has 0 amide bonds. The molecule has 0 aliphatic rings. The predicted molar refractivity (Wildman–Crippen MR) is 64.4 cm³/mol. The molecule has 82 valence electrons. The Balaban J connectivity index is 2.75. The van der Waals surface area contributed by atoms with Gasteiger partial charge in [0.1, 0.15) is 7.11 Å². The first-order valence-corrected chi connectivity index (χ1v) is 5.48. The average Bonchev–Trinajstić information content (AvgIpc) is 2.29.